The molecule has 0 aliphatic heterocycles. The van der Waals surface area contributed by atoms with Gasteiger partial charge in [-0.05, 0) is 19.1 Å². The van der Waals surface area contributed by atoms with Crippen molar-refractivity contribution in [3.8, 4) is 0 Å². The molecule has 1 aromatic carbocycles. The zero-order valence-corrected chi connectivity index (χ0v) is 8.99. The third-order valence-corrected chi connectivity index (χ3v) is 1.89. The maximum absolute atomic E-state index is 11.2. The maximum atomic E-state index is 11.2. The van der Waals surface area contributed by atoms with Gasteiger partial charge in [0.2, 0.25) is 5.91 Å². The van der Waals surface area contributed by atoms with Crippen molar-refractivity contribution in [1.29, 1.82) is 0 Å². The van der Waals surface area contributed by atoms with Crippen LogP contribution >= 0.6 is 23.2 Å². The fourth-order valence-electron chi connectivity index (χ4n) is 0.829. The van der Waals surface area contributed by atoms with Gasteiger partial charge in [-0.15, -0.1) is 0 Å². The number of anilines is 1. The van der Waals surface area contributed by atoms with Crippen LogP contribution in [0.15, 0.2) is 12.1 Å². The predicted octanol–water partition coefficient (Wildman–Crippen LogP) is 2.08. The van der Waals surface area contributed by atoms with Gasteiger partial charge >= 0.3 is 0 Å². The van der Waals surface area contributed by atoms with E-state index in [0.29, 0.717) is 15.7 Å². The molecule has 0 fully saturated rings. The van der Waals surface area contributed by atoms with Crippen LogP contribution in [0.5, 0.6) is 0 Å². The monoisotopic (exact) mass is 231 g/mol. The van der Waals surface area contributed by atoms with Crippen molar-refractivity contribution in [2.45, 2.75) is 13.0 Å². The lowest BCUT2D eigenvalue weighted by molar-refractivity contribution is -0.117. The third-order valence-electron chi connectivity index (χ3n) is 1.48. The Morgan fingerprint density at radius 1 is 1.50 bits per heavy atom. The summed E-state index contributed by atoms with van der Waals surface area (Å²) < 4.78 is 0. The van der Waals surface area contributed by atoms with Crippen LogP contribution in [-0.4, -0.2) is 11.9 Å². The molecule has 0 saturated heterocycles. The van der Waals surface area contributed by atoms with Gasteiger partial charge in [-0.2, -0.15) is 0 Å². The second kappa shape index (κ2) is 4.64. The first-order valence-electron chi connectivity index (χ1n) is 3.94. The van der Waals surface area contributed by atoms with E-state index in [-0.39, 0.29) is 5.91 Å². The van der Waals surface area contributed by atoms with Crippen molar-refractivity contribution in [2.24, 2.45) is 5.73 Å². The van der Waals surface area contributed by atoms with E-state index in [4.69, 9.17) is 28.9 Å². The van der Waals surface area contributed by atoms with Gasteiger partial charge in [0.1, 0.15) is 0 Å². The van der Waals surface area contributed by atoms with Gasteiger partial charge in [0, 0.05) is 11.8 Å². The fourth-order valence-corrected chi connectivity index (χ4v) is 1.32. The van der Waals surface area contributed by atoms with E-state index in [0.717, 1.165) is 0 Å². The van der Waals surface area contributed by atoms with Crippen LogP contribution in [0.1, 0.15) is 6.92 Å². The van der Waals surface area contributed by atoms with E-state index in [1.165, 1.54) is 0 Å². The molecule has 1 aromatic rings. The largest absolute Gasteiger partial charge is 0.325 e. The molecular formula is C9H9Cl2N2O. The Labute approximate surface area is 92.2 Å². The molecule has 0 bridgehead atoms. The minimum absolute atomic E-state index is 0.289. The number of benzene rings is 1. The van der Waals surface area contributed by atoms with Gasteiger partial charge in [-0.3, -0.25) is 4.79 Å². The molecule has 3 nitrogen and oxygen atoms in total. The minimum Gasteiger partial charge on any atom is -0.325 e. The summed E-state index contributed by atoms with van der Waals surface area (Å²) in [6.45, 7) is 1.59. The summed E-state index contributed by atoms with van der Waals surface area (Å²) in [4.78, 5) is 11.2. The molecular weight excluding hydrogens is 223 g/mol. The normalized spacial score (nSPS) is 12.3. The second-order valence-corrected chi connectivity index (χ2v) is 3.66. The quantitative estimate of drug-likeness (QED) is 0.820. The first-order chi connectivity index (χ1) is 6.49. The first-order valence-corrected chi connectivity index (χ1v) is 4.69. The Morgan fingerprint density at radius 3 is 2.43 bits per heavy atom. The number of carbonyl (C=O) groups is 1. The van der Waals surface area contributed by atoms with E-state index in [1.807, 2.05) is 0 Å². The average molecular weight is 232 g/mol. The fraction of sp³-hybridized carbons (Fsp3) is 0.222. The molecule has 0 unspecified atom stereocenters. The maximum Gasteiger partial charge on any atom is 0.241 e. The van der Waals surface area contributed by atoms with Crippen molar-refractivity contribution in [3.63, 3.8) is 0 Å². The molecule has 14 heavy (non-hydrogen) atoms. The van der Waals surface area contributed by atoms with Gasteiger partial charge in [0.25, 0.3) is 0 Å². The molecule has 0 aliphatic rings. The zero-order valence-electron chi connectivity index (χ0n) is 7.47. The van der Waals surface area contributed by atoms with Crippen LogP contribution in [0.3, 0.4) is 0 Å². The Kier molecular flexibility index (Phi) is 3.75. The van der Waals surface area contributed by atoms with E-state index in [2.05, 4.69) is 11.4 Å². The van der Waals surface area contributed by atoms with E-state index >= 15 is 0 Å². The highest BCUT2D eigenvalue weighted by Crippen LogP contribution is 2.21. The molecule has 1 atom stereocenters. The molecule has 0 saturated carbocycles. The van der Waals surface area contributed by atoms with Gasteiger partial charge in [-0.25, -0.2) is 0 Å². The van der Waals surface area contributed by atoms with Gasteiger partial charge < -0.3 is 11.1 Å². The van der Waals surface area contributed by atoms with Crippen molar-refractivity contribution in [2.75, 3.05) is 5.32 Å². The third kappa shape index (κ3) is 3.18. The summed E-state index contributed by atoms with van der Waals surface area (Å²) in [5.41, 5.74) is 5.89. The smallest absolute Gasteiger partial charge is 0.241 e. The lowest BCUT2D eigenvalue weighted by Crippen LogP contribution is -2.32. The number of nitrogens with two attached hydrogens (primary N) is 1. The molecule has 1 radical (unpaired) electrons. The van der Waals surface area contributed by atoms with Crippen LogP contribution < -0.4 is 11.1 Å². The predicted molar refractivity (Wildman–Crippen MR) is 57.6 cm³/mol. The van der Waals surface area contributed by atoms with Crippen molar-refractivity contribution < 1.29 is 4.79 Å². The minimum atomic E-state index is -0.572. The van der Waals surface area contributed by atoms with Crippen molar-refractivity contribution >= 4 is 34.8 Å². The Balaban J connectivity index is 2.82. The molecule has 75 valence electrons. The number of nitrogens with one attached hydrogen (secondary N) is 1. The number of carbonyl (C=O) groups excluding carboxylic acids is 1. The number of halogens is 2. The zero-order chi connectivity index (χ0) is 10.7. The van der Waals surface area contributed by atoms with E-state index < -0.39 is 6.04 Å². The number of amides is 1. The van der Waals surface area contributed by atoms with E-state index in [1.54, 1.807) is 19.1 Å². The van der Waals surface area contributed by atoms with Crippen LogP contribution in [-0.2, 0) is 4.79 Å². The standard InChI is InChI=1S/C9H9Cl2N2O/c1-5(12)9(14)13-8-3-6(10)2-7(11)4-8/h3-5H,12H2,1H3,(H,13,14)/t5-/m0/s1. The number of rotatable bonds is 2. The molecule has 5 heteroatoms. The summed E-state index contributed by atoms with van der Waals surface area (Å²) in [7, 11) is 0. The molecule has 1 rings (SSSR count). The van der Waals surface area contributed by atoms with Crippen molar-refractivity contribution in [3.05, 3.63) is 28.2 Å². The summed E-state index contributed by atoms with van der Waals surface area (Å²) >= 11 is 11.4. The lowest BCUT2D eigenvalue weighted by atomic mass is 10.3. The van der Waals surface area contributed by atoms with Gasteiger partial charge in [0.05, 0.1) is 16.1 Å². The SMILES string of the molecule is C[C@H](N)C(=O)Nc1cc(Cl)[c]c(Cl)c1. The lowest BCUT2D eigenvalue weighted by Gasteiger charge is -2.07. The Morgan fingerprint density at radius 2 is 2.00 bits per heavy atom. The van der Waals surface area contributed by atoms with Crippen LogP contribution in [0.2, 0.25) is 10.0 Å². The number of hydrogen-bond acceptors (Lipinski definition) is 2. The summed E-state index contributed by atoms with van der Waals surface area (Å²) in [6, 6.07) is 5.19. The molecule has 0 spiro atoms. The summed E-state index contributed by atoms with van der Waals surface area (Å²) in [5.74, 6) is -0.289. The van der Waals surface area contributed by atoms with Gasteiger partial charge in [-0.1, -0.05) is 23.2 Å². The van der Waals surface area contributed by atoms with Gasteiger partial charge in [0.15, 0.2) is 0 Å². The second-order valence-electron chi connectivity index (χ2n) is 2.84. The summed E-state index contributed by atoms with van der Waals surface area (Å²) in [5, 5.41) is 3.26. The van der Waals surface area contributed by atoms with Crippen LogP contribution in [0.25, 0.3) is 0 Å². The summed E-state index contributed by atoms with van der Waals surface area (Å²) in [6.07, 6.45) is 0. The van der Waals surface area contributed by atoms with Crippen molar-refractivity contribution in [1.82, 2.24) is 0 Å². The first kappa shape index (κ1) is 11.3. The average Bonchev–Trinajstić information content (AvgIpc) is 2.01. The highest BCUT2D eigenvalue weighted by Gasteiger charge is 2.08. The highest BCUT2D eigenvalue weighted by atomic mass is 35.5. The highest BCUT2D eigenvalue weighted by molar-refractivity contribution is 6.34. The van der Waals surface area contributed by atoms with Crippen LogP contribution in [0, 0.1) is 6.07 Å². The molecule has 3 N–H and O–H groups in total. The Hall–Kier alpha value is -0.770. The molecule has 0 aliphatic carbocycles. The Bertz CT molecular complexity index is 332. The molecule has 0 heterocycles. The number of hydrogen-bond donors (Lipinski definition) is 2. The molecule has 0 aromatic heterocycles. The van der Waals surface area contributed by atoms with E-state index in [9.17, 15) is 4.79 Å². The van der Waals surface area contributed by atoms with Crippen LogP contribution in [0.4, 0.5) is 5.69 Å². The topological polar surface area (TPSA) is 55.1 Å². The molecule has 1 amide bonds.